The Balaban J connectivity index is 2.95. The van der Waals surface area contributed by atoms with Crippen molar-refractivity contribution in [2.24, 2.45) is 0 Å². The summed E-state index contributed by atoms with van der Waals surface area (Å²) in [5.41, 5.74) is 8.04. The van der Waals surface area contributed by atoms with Crippen molar-refractivity contribution >= 4 is 16.5 Å². The molecule has 1 heterocycles. The Morgan fingerprint density at radius 2 is 2.10 bits per heavy atom. The van der Waals surface area contributed by atoms with Gasteiger partial charge in [-0.1, -0.05) is 12.1 Å². The maximum atomic E-state index is 7.46. The molecule has 2 heteroatoms. The molecule has 1 aromatic heterocycles. The molecule has 0 aliphatic carbocycles. The lowest BCUT2D eigenvalue weighted by molar-refractivity contribution is 1.42. The van der Waals surface area contributed by atoms with Gasteiger partial charge in [0.2, 0.25) is 0 Å². The van der Waals surface area contributed by atoms with Crippen molar-refractivity contribution < 1.29 is 0 Å². The molecule has 0 aliphatic heterocycles. The molecule has 1 aromatic carbocycles. The van der Waals surface area contributed by atoms with Gasteiger partial charge in [-0.15, -0.1) is 0 Å². The van der Waals surface area contributed by atoms with E-state index >= 15 is 0 Å². The molecule has 2 nitrogen and oxygen atoms in total. The lowest BCUT2D eigenvalue weighted by atomic mass is 10.2. The van der Waals surface area contributed by atoms with Gasteiger partial charge in [-0.25, -0.2) is 0 Å². The van der Waals surface area contributed by atoms with Crippen molar-refractivity contribution in [2.45, 2.75) is 0 Å². The molecule has 0 saturated heterocycles. The zero-order chi connectivity index (χ0) is 6.97. The Labute approximate surface area is 58.7 Å². The molecular formula is C8H7N2. The van der Waals surface area contributed by atoms with Crippen molar-refractivity contribution in [2.75, 3.05) is 0 Å². The first kappa shape index (κ1) is 5.35. The van der Waals surface area contributed by atoms with Crippen LogP contribution < -0.4 is 5.73 Å². The first-order chi connectivity index (χ1) is 4.88. The molecule has 2 N–H and O–H groups in total. The minimum absolute atomic E-state index is 0.582. The quantitative estimate of drug-likeness (QED) is 0.568. The third-order valence-electron chi connectivity index (χ3n) is 1.61. The fraction of sp³-hybridized carbons (Fsp3) is 0. The van der Waals surface area contributed by atoms with Crippen LogP contribution in [0.15, 0.2) is 30.6 Å². The molecule has 0 aliphatic rings. The summed E-state index contributed by atoms with van der Waals surface area (Å²) in [6.45, 7) is 0. The zero-order valence-electron chi connectivity index (χ0n) is 5.39. The molecule has 0 saturated carbocycles. The average Bonchev–Trinajstić information content (AvgIpc) is 2.36. The smallest absolute Gasteiger partial charge is 0.0633 e. The van der Waals surface area contributed by atoms with Gasteiger partial charge in [0, 0.05) is 23.2 Å². The molecule has 0 bridgehead atoms. The highest BCUT2D eigenvalue weighted by Gasteiger charge is 1.95. The van der Waals surface area contributed by atoms with E-state index in [0.717, 1.165) is 10.8 Å². The SMILES string of the molecule is [NH]c1cccc2c[nH]cc12. The fourth-order valence-corrected chi connectivity index (χ4v) is 1.08. The van der Waals surface area contributed by atoms with Gasteiger partial charge < -0.3 is 10.7 Å². The van der Waals surface area contributed by atoms with Crippen molar-refractivity contribution in [1.82, 2.24) is 10.7 Å². The van der Waals surface area contributed by atoms with Crippen molar-refractivity contribution in [3.8, 4) is 0 Å². The largest absolute Gasteiger partial charge is 0.366 e. The summed E-state index contributed by atoms with van der Waals surface area (Å²) in [4.78, 5) is 2.96. The predicted molar refractivity (Wildman–Crippen MR) is 41.1 cm³/mol. The van der Waals surface area contributed by atoms with E-state index in [9.17, 15) is 0 Å². The molecule has 0 spiro atoms. The number of benzene rings is 1. The number of rotatable bonds is 0. The predicted octanol–water partition coefficient (Wildman–Crippen LogP) is 2.08. The van der Waals surface area contributed by atoms with Crippen molar-refractivity contribution in [1.29, 1.82) is 0 Å². The van der Waals surface area contributed by atoms with Crippen LogP contribution in [0.2, 0.25) is 0 Å². The summed E-state index contributed by atoms with van der Waals surface area (Å²) in [5, 5.41) is 2.09. The second-order valence-corrected chi connectivity index (χ2v) is 2.26. The van der Waals surface area contributed by atoms with E-state index in [0.29, 0.717) is 5.69 Å². The van der Waals surface area contributed by atoms with E-state index in [1.807, 2.05) is 24.5 Å². The molecule has 0 fully saturated rings. The number of aromatic nitrogens is 1. The molecule has 0 atom stereocenters. The highest BCUT2D eigenvalue weighted by atomic mass is 14.7. The molecule has 2 aromatic rings. The third kappa shape index (κ3) is 0.589. The standard InChI is InChI=1S/C8H7N2/c9-8-3-1-2-6-4-10-5-7(6)8/h1-5,9-10H. The summed E-state index contributed by atoms with van der Waals surface area (Å²) in [6.07, 6.45) is 3.74. The van der Waals surface area contributed by atoms with Crippen LogP contribution in [0.3, 0.4) is 0 Å². The van der Waals surface area contributed by atoms with E-state index in [2.05, 4.69) is 4.98 Å². The lowest BCUT2D eigenvalue weighted by Crippen LogP contribution is -1.68. The van der Waals surface area contributed by atoms with Gasteiger partial charge in [-0.05, 0) is 6.07 Å². The van der Waals surface area contributed by atoms with E-state index in [-0.39, 0.29) is 0 Å². The number of nitrogens with one attached hydrogen (secondary N) is 2. The summed E-state index contributed by atoms with van der Waals surface area (Å²) in [5.74, 6) is 0. The van der Waals surface area contributed by atoms with Crippen LogP contribution in [-0.2, 0) is 0 Å². The molecule has 0 unspecified atom stereocenters. The van der Waals surface area contributed by atoms with Crippen LogP contribution in [0.4, 0.5) is 5.69 Å². The topological polar surface area (TPSA) is 39.6 Å². The molecule has 10 heavy (non-hydrogen) atoms. The first-order valence-corrected chi connectivity index (χ1v) is 3.15. The Hall–Kier alpha value is -1.44. The molecule has 0 amide bonds. The summed E-state index contributed by atoms with van der Waals surface area (Å²) >= 11 is 0. The number of H-pyrrole nitrogens is 1. The second kappa shape index (κ2) is 1.77. The van der Waals surface area contributed by atoms with Gasteiger partial charge >= 0.3 is 0 Å². The van der Waals surface area contributed by atoms with E-state index in [1.54, 1.807) is 6.07 Å². The third-order valence-corrected chi connectivity index (χ3v) is 1.61. The Morgan fingerprint density at radius 3 is 2.90 bits per heavy atom. The van der Waals surface area contributed by atoms with Gasteiger partial charge in [0.25, 0.3) is 0 Å². The normalized spacial score (nSPS) is 10.4. The van der Waals surface area contributed by atoms with Crippen LogP contribution in [-0.4, -0.2) is 4.98 Å². The monoisotopic (exact) mass is 131 g/mol. The first-order valence-electron chi connectivity index (χ1n) is 3.15. The molecular weight excluding hydrogens is 124 g/mol. The average molecular weight is 131 g/mol. The van der Waals surface area contributed by atoms with Crippen LogP contribution in [0.25, 0.3) is 10.8 Å². The van der Waals surface area contributed by atoms with E-state index < -0.39 is 0 Å². The zero-order valence-corrected chi connectivity index (χ0v) is 5.39. The van der Waals surface area contributed by atoms with Gasteiger partial charge in [0.1, 0.15) is 0 Å². The van der Waals surface area contributed by atoms with Crippen molar-refractivity contribution in [3.05, 3.63) is 30.6 Å². The van der Waals surface area contributed by atoms with Gasteiger partial charge in [-0.2, -0.15) is 0 Å². The lowest BCUT2D eigenvalue weighted by Gasteiger charge is -1.90. The Bertz CT molecular complexity index is 349. The number of hydrogen-bond donors (Lipinski definition) is 1. The second-order valence-electron chi connectivity index (χ2n) is 2.26. The van der Waals surface area contributed by atoms with Crippen LogP contribution in [0.1, 0.15) is 0 Å². The highest BCUT2D eigenvalue weighted by Crippen LogP contribution is 2.20. The number of fused-ring (bicyclic) bond motifs is 1. The molecule has 49 valence electrons. The van der Waals surface area contributed by atoms with Crippen molar-refractivity contribution in [3.63, 3.8) is 0 Å². The maximum Gasteiger partial charge on any atom is 0.0633 e. The summed E-state index contributed by atoms with van der Waals surface area (Å²) in [7, 11) is 0. The maximum absolute atomic E-state index is 7.46. The van der Waals surface area contributed by atoms with E-state index in [4.69, 9.17) is 5.73 Å². The van der Waals surface area contributed by atoms with Gasteiger partial charge in [0.15, 0.2) is 0 Å². The van der Waals surface area contributed by atoms with Gasteiger partial charge in [0.05, 0.1) is 5.69 Å². The minimum Gasteiger partial charge on any atom is -0.366 e. The van der Waals surface area contributed by atoms with Crippen LogP contribution in [0, 0.1) is 0 Å². The highest BCUT2D eigenvalue weighted by molar-refractivity contribution is 5.91. The van der Waals surface area contributed by atoms with Crippen LogP contribution in [0.5, 0.6) is 0 Å². The van der Waals surface area contributed by atoms with E-state index in [1.165, 1.54) is 0 Å². The molecule has 2 rings (SSSR count). The Kier molecular flexibility index (Phi) is 0.947. The fourth-order valence-electron chi connectivity index (χ4n) is 1.08. The minimum atomic E-state index is 0.582. The number of aromatic amines is 1. The van der Waals surface area contributed by atoms with Gasteiger partial charge in [-0.3, -0.25) is 0 Å². The summed E-state index contributed by atoms with van der Waals surface area (Å²) < 4.78 is 0. The molecule has 1 radical (unpaired) electrons. The summed E-state index contributed by atoms with van der Waals surface area (Å²) in [6, 6.07) is 5.67. The number of hydrogen-bond acceptors (Lipinski definition) is 0. The van der Waals surface area contributed by atoms with Crippen LogP contribution >= 0.6 is 0 Å². The Morgan fingerprint density at radius 1 is 1.20 bits per heavy atom.